The van der Waals surface area contributed by atoms with Crippen molar-refractivity contribution in [2.24, 2.45) is 0 Å². The summed E-state index contributed by atoms with van der Waals surface area (Å²) < 4.78 is 26.5. The fraction of sp³-hybridized carbons (Fsp3) is 0.440. The summed E-state index contributed by atoms with van der Waals surface area (Å²) in [7, 11) is -3.81. The number of halogens is 2. The van der Waals surface area contributed by atoms with Crippen molar-refractivity contribution in [1.29, 1.82) is 0 Å². The average Bonchev–Trinajstić information content (AvgIpc) is 2.70. The van der Waals surface area contributed by atoms with Crippen molar-refractivity contribution >= 4 is 50.7 Å². The SMILES string of the molecule is Cc1ccc(C)c(N(CC(=O)N(Cc2ccc(Cl)cc2Cl)[C@H](C)C(=O)NC(C)(C)C)S(C)(=O)=O)c1. The summed E-state index contributed by atoms with van der Waals surface area (Å²) >= 11 is 12.4. The van der Waals surface area contributed by atoms with E-state index in [4.69, 9.17) is 23.2 Å². The summed E-state index contributed by atoms with van der Waals surface area (Å²) in [4.78, 5) is 28.0. The molecule has 1 N–H and O–H groups in total. The van der Waals surface area contributed by atoms with Crippen molar-refractivity contribution in [2.45, 2.75) is 59.7 Å². The maximum Gasteiger partial charge on any atom is 0.244 e. The zero-order chi connectivity index (χ0) is 26.7. The van der Waals surface area contributed by atoms with E-state index in [9.17, 15) is 18.0 Å². The quantitative estimate of drug-likeness (QED) is 0.524. The minimum Gasteiger partial charge on any atom is -0.350 e. The first-order chi connectivity index (χ1) is 16.0. The van der Waals surface area contributed by atoms with Crippen LogP contribution in [0.1, 0.15) is 44.4 Å². The summed E-state index contributed by atoms with van der Waals surface area (Å²) in [6, 6.07) is 9.38. The van der Waals surface area contributed by atoms with Crippen LogP contribution in [0, 0.1) is 13.8 Å². The number of benzene rings is 2. The Morgan fingerprint density at radius 1 is 1.06 bits per heavy atom. The molecule has 2 amide bonds. The van der Waals surface area contributed by atoms with Gasteiger partial charge in [-0.25, -0.2) is 8.42 Å². The minimum atomic E-state index is -3.81. The Kier molecular flexibility index (Phi) is 9.25. The Hall–Kier alpha value is -2.29. The molecule has 2 rings (SSSR count). The highest BCUT2D eigenvalue weighted by Gasteiger charge is 2.32. The van der Waals surface area contributed by atoms with Crippen molar-refractivity contribution in [3.63, 3.8) is 0 Å². The minimum absolute atomic E-state index is 0.00202. The van der Waals surface area contributed by atoms with Gasteiger partial charge in [-0.1, -0.05) is 41.4 Å². The number of rotatable bonds is 8. The molecular weight excluding hydrogens is 509 g/mol. The van der Waals surface area contributed by atoms with E-state index >= 15 is 0 Å². The van der Waals surface area contributed by atoms with E-state index in [1.807, 2.05) is 33.8 Å². The summed E-state index contributed by atoms with van der Waals surface area (Å²) in [6.45, 7) is 10.3. The van der Waals surface area contributed by atoms with Gasteiger partial charge in [0.2, 0.25) is 21.8 Å². The van der Waals surface area contributed by atoms with E-state index in [1.54, 1.807) is 44.2 Å². The smallest absolute Gasteiger partial charge is 0.244 e. The lowest BCUT2D eigenvalue weighted by Gasteiger charge is -2.33. The van der Waals surface area contributed by atoms with Crippen molar-refractivity contribution in [1.82, 2.24) is 10.2 Å². The standard InChI is InChI=1S/C25H33Cl2N3O4S/c1-16-8-9-17(2)22(12-16)30(35(7,33)34)15-23(31)29(18(3)24(32)28-25(4,5)6)14-19-10-11-20(26)13-21(19)27/h8-13,18H,14-15H2,1-7H3,(H,28,32)/t18-/m1/s1. The van der Waals surface area contributed by atoms with E-state index in [0.29, 0.717) is 26.9 Å². The lowest BCUT2D eigenvalue weighted by atomic mass is 10.1. The molecule has 0 aliphatic rings. The van der Waals surface area contributed by atoms with E-state index in [1.165, 1.54) is 4.90 Å². The Morgan fingerprint density at radius 2 is 1.69 bits per heavy atom. The third-order valence-corrected chi connectivity index (χ3v) is 7.05. The van der Waals surface area contributed by atoms with Gasteiger partial charge in [-0.05, 0) is 76.4 Å². The van der Waals surface area contributed by atoms with Crippen molar-refractivity contribution in [2.75, 3.05) is 17.1 Å². The van der Waals surface area contributed by atoms with Gasteiger partial charge < -0.3 is 10.2 Å². The third kappa shape index (κ3) is 8.12. The molecule has 0 spiro atoms. The van der Waals surface area contributed by atoms with Gasteiger partial charge in [-0.3, -0.25) is 13.9 Å². The van der Waals surface area contributed by atoms with Crippen molar-refractivity contribution in [3.05, 3.63) is 63.1 Å². The number of hydrogen-bond acceptors (Lipinski definition) is 4. The monoisotopic (exact) mass is 541 g/mol. The molecule has 0 aliphatic heterocycles. The number of amides is 2. The van der Waals surface area contributed by atoms with Crippen LogP contribution in [0.15, 0.2) is 36.4 Å². The van der Waals surface area contributed by atoms with Crippen molar-refractivity contribution < 1.29 is 18.0 Å². The molecule has 0 aliphatic carbocycles. The molecule has 2 aromatic carbocycles. The second-order valence-electron chi connectivity index (χ2n) is 9.73. The molecule has 0 saturated carbocycles. The van der Waals surface area contributed by atoms with Gasteiger partial charge in [-0.15, -0.1) is 0 Å². The lowest BCUT2D eigenvalue weighted by molar-refractivity contribution is -0.140. The Labute approximate surface area is 218 Å². The molecule has 192 valence electrons. The van der Waals surface area contributed by atoms with Crippen LogP contribution >= 0.6 is 23.2 Å². The van der Waals surface area contributed by atoms with Crippen LogP contribution in [-0.2, 0) is 26.2 Å². The van der Waals surface area contributed by atoms with E-state index in [-0.39, 0.29) is 12.5 Å². The predicted octanol–water partition coefficient (Wildman–Crippen LogP) is 4.71. The summed E-state index contributed by atoms with van der Waals surface area (Å²) in [5.41, 5.74) is 2.04. The van der Waals surface area contributed by atoms with Gasteiger partial charge in [0, 0.05) is 22.1 Å². The number of carbonyl (C=O) groups excluding carboxylic acids is 2. The second kappa shape index (κ2) is 11.2. The molecule has 2 aromatic rings. The van der Waals surface area contributed by atoms with E-state index in [0.717, 1.165) is 16.1 Å². The maximum absolute atomic E-state index is 13.6. The highest BCUT2D eigenvalue weighted by Crippen LogP contribution is 2.26. The van der Waals surface area contributed by atoms with Crippen LogP contribution in [0.25, 0.3) is 0 Å². The van der Waals surface area contributed by atoms with E-state index in [2.05, 4.69) is 5.32 Å². The molecular formula is C25H33Cl2N3O4S. The first kappa shape index (κ1) is 28.9. The molecule has 7 nitrogen and oxygen atoms in total. The predicted molar refractivity (Wildman–Crippen MR) is 142 cm³/mol. The molecule has 0 saturated heterocycles. The van der Waals surface area contributed by atoms with Gasteiger partial charge in [-0.2, -0.15) is 0 Å². The second-order valence-corrected chi connectivity index (χ2v) is 12.5. The van der Waals surface area contributed by atoms with Crippen molar-refractivity contribution in [3.8, 4) is 0 Å². The average molecular weight is 543 g/mol. The number of nitrogens with zero attached hydrogens (tertiary/aromatic N) is 2. The van der Waals surface area contributed by atoms with Gasteiger partial charge in [0.15, 0.2) is 0 Å². The maximum atomic E-state index is 13.6. The van der Waals surface area contributed by atoms with Crippen LogP contribution < -0.4 is 9.62 Å². The van der Waals surface area contributed by atoms with E-state index < -0.39 is 34.1 Å². The lowest BCUT2D eigenvalue weighted by Crippen LogP contribution is -2.54. The largest absolute Gasteiger partial charge is 0.350 e. The number of sulfonamides is 1. The number of aryl methyl sites for hydroxylation is 2. The summed E-state index contributed by atoms with van der Waals surface area (Å²) in [5, 5.41) is 3.66. The van der Waals surface area contributed by atoms with Gasteiger partial charge in [0.1, 0.15) is 12.6 Å². The highest BCUT2D eigenvalue weighted by atomic mass is 35.5. The van der Waals surface area contributed by atoms with Crippen LogP contribution in [0.5, 0.6) is 0 Å². The van der Waals surface area contributed by atoms with Crippen LogP contribution in [-0.4, -0.2) is 49.5 Å². The van der Waals surface area contributed by atoms with Gasteiger partial charge >= 0.3 is 0 Å². The molecule has 0 radical (unpaired) electrons. The number of carbonyl (C=O) groups is 2. The van der Waals surface area contributed by atoms with Gasteiger partial charge in [0.05, 0.1) is 11.9 Å². The molecule has 0 unspecified atom stereocenters. The molecule has 0 aromatic heterocycles. The van der Waals surface area contributed by atoms with Crippen LogP contribution in [0.4, 0.5) is 5.69 Å². The first-order valence-electron chi connectivity index (χ1n) is 11.1. The Bertz CT molecular complexity index is 1210. The molecule has 35 heavy (non-hydrogen) atoms. The number of anilines is 1. The number of hydrogen-bond donors (Lipinski definition) is 1. The van der Waals surface area contributed by atoms with Gasteiger partial charge in [0.25, 0.3) is 0 Å². The van der Waals surface area contributed by atoms with Crippen LogP contribution in [0.3, 0.4) is 0 Å². The third-order valence-electron chi connectivity index (χ3n) is 5.33. The highest BCUT2D eigenvalue weighted by molar-refractivity contribution is 7.92. The Morgan fingerprint density at radius 3 is 2.23 bits per heavy atom. The molecule has 0 bridgehead atoms. The zero-order valence-electron chi connectivity index (χ0n) is 21.1. The topological polar surface area (TPSA) is 86.8 Å². The molecule has 0 heterocycles. The first-order valence-corrected chi connectivity index (χ1v) is 13.7. The fourth-order valence-electron chi connectivity index (χ4n) is 3.47. The Balaban J connectivity index is 2.49. The summed E-state index contributed by atoms with van der Waals surface area (Å²) in [5.74, 6) is -0.910. The van der Waals surface area contributed by atoms with Crippen LogP contribution in [0.2, 0.25) is 10.0 Å². The summed E-state index contributed by atoms with van der Waals surface area (Å²) in [6.07, 6.45) is 1.05. The number of nitrogens with one attached hydrogen (secondary N) is 1. The zero-order valence-corrected chi connectivity index (χ0v) is 23.5. The molecule has 1 atom stereocenters. The fourth-order valence-corrected chi connectivity index (χ4v) is 4.84. The molecule has 10 heteroatoms. The molecule has 0 fully saturated rings. The normalized spacial score (nSPS) is 12.7.